The van der Waals surface area contributed by atoms with E-state index in [1.807, 2.05) is 18.2 Å². The van der Waals surface area contributed by atoms with Crippen LogP contribution >= 0.6 is 22.9 Å². The van der Waals surface area contributed by atoms with E-state index in [0.29, 0.717) is 5.02 Å². The molecular formula is C10H8ClNO2S. The molecule has 0 aliphatic rings. The van der Waals surface area contributed by atoms with E-state index in [9.17, 15) is 4.79 Å². The number of aromatic nitrogens is 1. The van der Waals surface area contributed by atoms with Crippen LogP contribution in [-0.4, -0.2) is 11.0 Å². The molecule has 3 nitrogen and oxygen atoms in total. The van der Waals surface area contributed by atoms with Gasteiger partial charge in [0, 0.05) is 6.92 Å². The number of fused-ring (bicyclic) bond motifs is 1. The van der Waals surface area contributed by atoms with Crippen molar-refractivity contribution in [3.05, 3.63) is 28.2 Å². The zero-order chi connectivity index (χ0) is 10.8. The third-order valence-corrected chi connectivity index (χ3v) is 3.32. The molecule has 0 aliphatic heterocycles. The van der Waals surface area contributed by atoms with Gasteiger partial charge in [0.15, 0.2) is 0 Å². The highest BCUT2D eigenvalue weighted by Crippen LogP contribution is 2.29. The highest BCUT2D eigenvalue weighted by molar-refractivity contribution is 7.19. The Balaban J connectivity index is 2.31. The Labute approximate surface area is 95.6 Å². The molecule has 0 fully saturated rings. The largest absolute Gasteiger partial charge is 0.458 e. The summed E-state index contributed by atoms with van der Waals surface area (Å²) in [5, 5.41) is 1.44. The standard InChI is InChI=1S/C10H8ClNO2S/c1-6(13)14-5-9-12-8-4-2-3-7(11)10(8)15-9/h2-4H,5H2,1H3. The molecule has 0 N–H and O–H groups in total. The SMILES string of the molecule is CC(=O)OCc1nc2cccc(Cl)c2s1. The van der Waals surface area contributed by atoms with Gasteiger partial charge in [-0.25, -0.2) is 4.98 Å². The second kappa shape index (κ2) is 4.16. The molecule has 15 heavy (non-hydrogen) atoms. The van der Waals surface area contributed by atoms with E-state index in [1.165, 1.54) is 18.3 Å². The highest BCUT2D eigenvalue weighted by atomic mass is 35.5. The zero-order valence-electron chi connectivity index (χ0n) is 7.99. The van der Waals surface area contributed by atoms with Crippen LogP contribution in [0.15, 0.2) is 18.2 Å². The predicted molar refractivity (Wildman–Crippen MR) is 60.1 cm³/mol. The minimum absolute atomic E-state index is 0.213. The Hall–Kier alpha value is -1.13. The zero-order valence-corrected chi connectivity index (χ0v) is 9.56. The van der Waals surface area contributed by atoms with Crippen LogP contribution in [0.4, 0.5) is 0 Å². The monoisotopic (exact) mass is 241 g/mol. The number of rotatable bonds is 2. The van der Waals surface area contributed by atoms with Crippen LogP contribution in [0.1, 0.15) is 11.9 Å². The Morgan fingerprint density at radius 2 is 2.40 bits per heavy atom. The highest BCUT2D eigenvalue weighted by Gasteiger charge is 2.07. The van der Waals surface area contributed by atoms with Gasteiger partial charge in [0.05, 0.1) is 15.2 Å². The molecule has 0 radical (unpaired) electrons. The lowest BCUT2D eigenvalue weighted by Gasteiger charge is -1.95. The smallest absolute Gasteiger partial charge is 0.303 e. The van der Waals surface area contributed by atoms with Crippen molar-refractivity contribution in [1.82, 2.24) is 4.98 Å². The molecule has 0 atom stereocenters. The van der Waals surface area contributed by atoms with E-state index in [1.54, 1.807) is 0 Å². The maximum absolute atomic E-state index is 10.6. The molecule has 1 aromatic heterocycles. The van der Waals surface area contributed by atoms with Crippen molar-refractivity contribution < 1.29 is 9.53 Å². The second-order valence-electron chi connectivity index (χ2n) is 2.98. The first-order valence-corrected chi connectivity index (χ1v) is 5.53. The summed E-state index contributed by atoms with van der Waals surface area (Å²) in [5.41, 5.74) is 0.842. The Kier molecular flexibility index (Phi) is 2.88. The Morgan fingerprint density at radius 3 is 3.07 bits per heavy atom. The fourth-order valence-corrected chi connectivity index (χ4v) is 2.35. The van der Waals surface area contributed by atoms with Crippen molar-refractivity contribution in [2.24, 2.45) is 0 Å². The third-order valence-electron chi connectivity index (χ3n) is 1.81. The van der Waals surface area contributed by atoms with Gasteiger partial charge in [0.25, 0.3) is 0 Å². The molecule has 78 valence electrons. The number of esters is 1. The average Bonchev–Trinajstić information content (AvgIpc) is 2.59. The fraction of sp³-hybridized carbons (Fsp3) is 0.200. The van der Waals surface area contributed by atoms with Crippen LogP contribution in [0.5, 0.6) is 0 Å². The van der Waals surface area contributed by atoms with Crippen molar-refractivity contribution >= 4 is 39.1 Å². The van der Waals surface area contributed by atoms with Crippen molar-refractivity contribution in [2.45, 2.75) is 13.5 Å². The first kappa shape index (κ1) is 10.4. The quantitative estimate of drug-likeness (QED) is 0.759. The maximum Gasteiger partial charge on any atom is 0.303 e. The van der Waals surface area contributed by atoms with Crippen LogP contribution in [0.3, 0.4) is 0 Å². The molecule has 0 spiro atoms. The van der Waals surface area contributed by atoms with Crippen LogP contribution in [0.25, 0.3) is 10.2 Å². The van der Waals surface area contributed by atoms with E-state index < -0.39 is 0 Å². The maximum atomic E-state index is 10.6. The van der Waals surface area contributed by atoms with Gasteiger partial charge in [-0.2, -0.15) is 0 Å². The minimum Gasteiger partial charge on any atom is -0.458 e. The third kappa shape index (κ3) is 2.27. The number of benzene rings is 1. The molecular weight excluding hydrogens is 234 g/mol. The number of carbonyl (C=O) groups is 1. The molecule has 1 aromatic carbocycles. The van der Waals surface area contributed by atoms with E-state index >= 15 is 0 Å². The number of nitrogens with zero attached hydrogens (tertiary/aromatic N) is 1. The van der Waals surface area contributed by atoms with Crippen molar-refractivity contribution in [3.8, 4) is 0 Å². The summed E-state index contributed by atoms with van der Waals surface area (Å²) in [6, 6.07) is 5.55. The number of hydrogen-bond acceptors (Lipinski definition) is 4. The number of thiazole rings is 1. The lowest BCUT2D eigenvalue weighted by Crippen LogP contribution is -1.97. The number of ether oxygens (including phenoxy) is 1. The topological polar surface area (TPSA) is 39.2 Å². The van der Waals surface area contributed by atoms with E-state index in [-0.39, 0.29) is 12.6 Å². The van der Waals surface area contributed by atoms with Gasteiger partial charge in [0.1, 0.15) is 11.6 Å². The predicted octanol–water partition coefficient (Wildman–Crippen LogP) is 3.01. The molecule has 0 aliphatic carbocycles. The van der Waals surface area contributed by atoms with Crippen LogP contribution < -0.4 is 0 Å². The fourth-order valence-electron chi connectivity index (χ4n) is 1.19. The lowest BCUT2D eigenvalue weighted by atomic mass is 10.3. The van der Waals surface area contributed by atoms with Crippen LogP contribution in [0.2, 0.25) is 5.02 Å². The molecule has 0 saturated carbocycles. The van der Waals surface area contributed by atoms with Crippen LogP contribution in [-0.2, 0) is 16.1 Å². The van der Waals surface area contributed by atoms with Gasteiger partial charge < -0.3 is 4.74 Å². The molecule has 2 aromatic rings. The van der Waals surface area contributed by atoms with Gasteiger partial charge in [0.2, 0.25) is 0 Å². The van der Waals surface area contributed by atoms with Crippen molar-refractivity contribution in [1.29, 1.82) is 0 Å². The Morgan fingerprint density at radius 1 is 1.60 bits per heavy atom. The van der Waals surface area contributed by atoms with Crippen molar-refractivity contribution in [3.63, 3.8) is 0 Å². The normalized spacial score (nSPS) is 10.5. The van der Waals surface area contributed by atoms with Gasteiger partial charge in [-0.15, -0.1) is 11.3 Å². The van der Waals surface area contributed by atoms with Gasteiger partial charge in [-0.3, -0.25) is 4.79 Å². The average molecular weight is 242 g/mol. The van der Waals surface area contributed by atoms with E-state index in [4.69, 9.17) is 16.3 Å². The summed E-state index contributed by atoms with van der Waals surface area (Å²) in [6.07, 6.45) is 0. The first-order chi connectivity index (χ1) is 7.16. The van der Waals surface area contributed by atoms with Gasteiger partial charge in [-0.1, -0.05) is 17.7 Å². The summed E-state index contributed by atoms with van der Waals surface area (Å²) in [5.74, 6) is -0.305. The van der Waals surface area contributed by atoms with E-state index in [0.717, 1.165) is 15.2 Å². The molecule has 5 heteroatoms. The van der Waals surface area contributed by atoms with E-state index in [2.05, 4.69) is 4.98 Å². The molecule has 0 saturated heterocycles. The molecule has 1 heterocycles. The summed E-state index contributed by atoms with van der Waals surface area (Å²) >= 11 is 7.44. The van der Waals surface area contributed by atoms with Gasteiger partial charge in [-0.05, 0) is 12.1 Å². The summed E-state index contributed by atoms with van der Waals surface area (Å²) in [7, 11) is 0. The molecule has 0 amide bonds. The van der Waals surface area contributed by atoms with Crippen LogP contribution in [0, 0.1) is 0 Å². The summed E-state index contributed by atoms with van der Waals surface area (Å²) in [6.45, 7) is 1.59. The number of carbonyl (C=O) groups excluding carboxylic acids is 1. The second-order valence-corrected chi connectivity index (χ2v) is 4.47. The Bertz CT molecular complexity index is 509. The summed E-state index contributed by atoms with van der Waals surface area (Å²) < 4.78 is 5.80. The number of hydrogen-bond donors (Lipinski definition) is 0. The summed E-state index contributed by atoms with van der Waals surface area (Å²) in [4.78, 5) is 14.9. The van der Waals surface area contributed by atoms with Gasteiger partial charge >= 0.3 is 5.97 Å². The lowest BCUT2D eigenvalue weighted by molar-refractivity contribution is -0.142. The van der Waals surface area contributed by atoms with Crippen molar-refractivity contribution in [2.75, 3.05) is 0 Å². The molecule has 0 unspecified atom stereocenters. The minimum atomic E-state index is -0.305. The number of halogens is 1. The molecule has 0 bridgehead atoms. The first-order valence-electron chi connectivity index (χ1n) is 4.34. The molecule has 2 rings (SSSR count).